The first-order valence-corrected chi connectivity index (χ1v) is 5.94. The third kappa shape index (κ3) is 2.84. The highest BCUT2D eigenvalue weighted by atomic mass is 16.5. The van der Waals surface area contributed by atoms with Gasteiger partial charge in [0.2, 0.25) is 11.8 Å². The van der Waals surface area contributed by atoms with Crippen LogP contribution in [0.15, 0.2) is 6.07 Å². The summed E-state index contributed by atoms with van der Waals surface area (Å²) in [5.41, 5.74) is 0.929. The highest BCUT2D eigenvalue weighted by Crippen LogP contribution is 2.29. The molecule has 1 N–H and O–H groups in total. The van der Waals surface area contributed by atoms with Gasteiger partial charge in [-0.1, -0.05) is 19.3 Å². The van der Waals surface area contributed by atoms with Crippen molar-refractivity contribution in [3.05, 3.63) is 11.8 Å². The maximum Gasteiger partial charge on any atom is 0.225 e. The number of ether oxygens (including phenoxy) is 1. The molecule has 0 aliphatic heterocycles. The zero-order chi connectivity index (χ0) is 11.4. The Hall–Kier alpha value is -1.32. The van der Waals surface area contributed by atoms with Gasteiger partial charge in [-0.25, -0.2) is 4.98 Å². The van der Waals surface area contributed by atoms with Crippen LogP contribution in [0.4, 0.5) is 5.95 Å². The Morgan fingerprint density at radius 3 is 2.88 bits per heavy atom. The number of anilines is 1. The van der Waals surface area contributed by atoms with Crippen LogP contribution in [0.1, 0.15) is 31.4 Å². The van der Waals surface area contributed by atoms with Crippen molar-refractivity contribution >= 4 is 5.95 Å². The molecule has 0 aromatic carbocycles. The van der Waals surface area contributed by atoms with Crippen molar-refractivity contribution in [1.82, 2.24) is 9.97 Å². The van der Waals surface area contributed by atoms with Gasteiger partial charge in [-0.2, -0.15) is 4.98 Å². The van der Waals surface area contributed by atoms with E-state index in [1.54, 1.807) is 0 Å². The van der Waals surface area contributed by atoms with Crippen LogP contribution in [0.3, 0.4) is 0 Å². The molecule has 1 aromatic heterocycles. The van der Waals surface area contributed by atoms with Crippen molar-refractivity contribution in [3.8, 4) is 5.88 Å². The summed E-state index contributed by atoms with van der Waals surface area (Å²) >= 11 is 0. The summed E-state index contributed by atoms with van der Waals surface area (Å²) in [7, 11) is 1.81. The Bertz CT molecular complexity index is 350. The van der Waals surface area contributed by atoms with Crippen LogP contribution in [-0.4, -0.2) is 23.6 Å². The average molecular weight is 221 g/mol. The first kappa shape index (κ1) is 11.2. The van der Waals surface area contributed by atoms with E-state index in [4.69, 9.17) is 4.74 Å². The number of hydrogen-bond acceptors (Lipinski definition) is 4. The summed E-state index contributed by atoms with van der Waals surface area (Å²) in [4.78, 5) is 8.47. The van der Waals surface area contributed by atoms with Crippen LogP contribution < -0.4 is 10.1 Å². The molecule has 0 saturated heterocycles. The Balaban J connectivity index is 1.84. The standard InChI is InChI=1S/C12H19N3O/c1-9-8-11(15-12(13-2)14-9)16-7-6-10-4-3-5-10/h8,10H,3-7H2,1-2H3,(H,13,14,15). The molecule has 88 valence electrons. The van der Waals surface area contributed by atoms with Gasteiger partial charge in [0, 0.05) is 18.8 Å². The molecule has 4 heteroatoms. The second-order valence-electron chi connectivity index (χ2n) is 4.36. The lowest BCUT2D eigenvalue weighted by Crippen LogP contribution is -2.15. The van der Waals surface area contributed by atoms with Crippen molar-refractivity contribution in [3.63, 3.8) is 0 Å². The van der Waals surface area contributed by atoms with Crippen LogP contribution in [0, 0.1) is 12.8 Å². The zero-order valence-corrected chi connectivity index (χ0v) is 9.99. The molecule has 1 heterocycles. The molecule has 0 bridgehead atoms. The van der Waals surface area contributed by atoms with Crippen molar-refractivity contribution in [2.24, 2.45) is 5.92 Å². The van der Waals surface area contributed by atoms with Gasteiger partial charge in [0.05, 0.1) is 6.61 Å². The first-order valence-electron chi connectivity index (χ1n) is 5.94. The van der Waals surface area contributed by atoms with Crippen molar-refractivity contribution in [2.75, 3.05) is 19.0 Å². The maximum atomic E-state index is 5.64. The summed E-state index contributed by atoms with van der Waals surface area (Å²) in [6, 6.07) is 1.88. The molecule has 1 aliphatic rings. The third-order valence-corrected chi connectivity index (χ3v) is 3.06. The largest absolute Gasteiger partial charge is 0.478 e. The molecule has 16 heavy (non-hydrogen) atoms. The normalized spacial score (nSPS) is 15.6. The van der Waals surface area contributed by atoms with Crippen LogP contribution in [0.25, 0.3) is 0 Å². The molecule has 0 unspecified atom stereocenters. The molecular weight excluding hydrogens is 202 g/mol. The van der Waals surface area contributed by atoms with Gasteiger partial charge < -0.3 is 10.1 Å². The molecule has 0 radical (unpaired) electrons. The molecule has 1 aliphatic carbocycles. The maximum absolute atomic E-state index is 5.64. The summed E-state index contributed by atoms with van der Waals surface area (Å²) in [6.45, 7) is 2.71. The Morgan fingerprint density at radius 2 is 2.25 bits per heavy atom. The van der Waals surface area contributed by atoms with E-state index < -0.39 is 0 Å². The van der Waals surface area contributed by atoms with Gasteiger partial charge in [0.1, 0.15) is 0 Å². The third-order valence-electron chi connectivity index (χ3n) is 3.06. The molecule has 1 fully saturated rings. The summed E-state index contributed by atoms with van der Waals surface area (Å²) in [6.07, 6.45) is 5.28. The fourth-order valence-electron chi connectivity index (χ4n) is 1.84. The topological polar surface area (TPSA) is 47.0 Å². The molecule has 0 atom stereocenters. The summed E-state index contributed by atoms with van der Waals surface area (Å²) in [5, 5.41) is 2.93. The lowest BCUT2D eigenvalue weighted by molar-refractivity contribution is 0.217. The van der Waals surface area contributed by atoms with E-state index in [1.807, 2.05) is 20.0 Å². The fourth-order valence-corrected chi connectivity index (χ4v) is 1.84. The quantitative estimate of drug-likeness (QED) is 0.829. The van der Waals surface area contributed by atoms with Crippen molar-refractivity contribution < 1.29 is 4.74 Å². The number of hydrogen-bond donors (Lipinski definition) is 1. The van der Waals surface area contributed by atoms with Crippen molar-refractivity contribution in [1.29, 1.82) is 0 Å². The lowest BCUT2D eigenvalue weighted by Gasteiger charge is -2.24. The van der Waals surface area contributed by atoms with Gasteiger partial charge in [-0.3, -0.25) is 0 Å². The Labute approximate surface area is 96.4 Å². The number of rotatable bonds is 5. The number of nitrogens with zero attached hydrogens (tertiary/aromatic N) is 2. The van der Waals surface area contributed by atoms with Gasteiger partial charge in [-0.15, -0.1) is 0 Å². The smallest absolute Gasteiger partial charge is 0.225 e. The van der Waals surface area contributed by atoms with Gasteiger partial charge in [-0.05, 0) is 19.3 Å². The summed E-state index contributed by atoms with van der Waals surface area (Å²) < 4.78 is 5.64. The number of aromatic nitrogens is 2. The van der Waals surface area contributed by atoms with Crippen LogP contribution in [0.2, 0.25) is 0 Å². The highest BCUT2D eigenvalue weighted by molar-refractivity contribution is 5.29. The van der Waals surface area contributed by atoms with Gasteiger partial charge >= 0.3 is 0 Å². The van der Waals surface area contributed by atoms with Crippen LogP contribution in [0.5, 0.6) is 5.88 Å². The first-order chi connectivity index (χ1) is 7.78. The van der Waals surface area contributed by atoms with Crippen LogP contribution >= 0.6 is 0 Å². The van der Waals surface area contributed by atoms with Crippen LogP contribution in [-0.2, 0) is 0 Å². The van der Waals surface area contributed by atoms with E-state index in [1.165, 1.54) is 19.3 Å². The van der Waals surface area contributed by atoms with Gasteiger partial charge in [0.15, 0.2) is 0 Å². The predicted octanol–water partition coefficient (Wildman–Crippen LogP) is 2.40. The lowest BCUT2D eigenvalue weighted by atomic mass is 9.83. The average Bonchev–Trinajstić information content (AvgIpc) is 2.21. The SMILES string of the molecule is CNc1nc(C)cc(OCCC2CCC2)n1. The Kier molecular flexibility index (Phi) is 3.59. The van der Waals surface area contributed by atoms with Gasteiger partial charge in [0.25, 0.3) is 0 Å². The van der Waals surface area contributed by atoms with E-state index in [0.29, 0.717) is 11.8 Å². The molecule has 1 aromatic rings. The summed E-state index contributed by atoms with van der Waals surface area (Å²) in [5.74, 6) is 2.18. The minimum Gasteiger partial charge on any atom is -0.478 e. The molecule has 0 amide bonds. The Morgan fingerprint density at radius 1 is 1.44 bits per heavy atom. The molecular formula is C12H19N3O. The van der Waals surface area contributed by atoms with E-state index in [0.717, 1.165) is 24.6 Å². The zero-order valence-electron chi connectivity index (χ0n) is 9.99. The number of nitrogens with one attached hydrogen (secondary N) is 1. The monoisotopic (exact) mass is 221 g/mol. The minimum absolute atomic E-state index is 0.624. The highest BCUT2D eigenvalue weighted by Gasteiger charge is 2.17. The molecule has 4 nitrogen and oxygen atoms in total. The molecule has 0 spiro atoms. The fraction of sp³-hybridized carbons (Fsp3) is 0.667. The predicted molar refractivity (Wildman–Crippen MR) is 63.8 cm³/mol. The minimum atomic E-state index is 0.624. The molecule has 1 saturated carbocycles. The van der Waals surface area contributed by atoms with E-state index in [9.17, 15) is 0 Å². The van der Waals surface area contributed by atoms with E-state index in [2.05, 4.69) is 15.3 Å². The number of aryl methyl sites for hydroxylation is 1. The second kappa shape index (κ2) is 5.14. The second-order valence-corrected chi connectivity index (χ2v) is 4.36. The van der Waals surface area contributed by atoms with E-state index >= 15 is 0 Å². The van der Waals surface area contributed by atoms with Crippen molar-refractivity contribution in [2.45, 2.75) is 32.6 Å². The molecule has 2 rings (SSSR count). The van der Waals surface area contributed by atoms with E-state index in [-0.39, 0.29) is 0 Å².